The van der Waals surface area contributed by atoms with Crippen molar-refractivity contribution in [3.05, 3.63) is 0 Å². The molecule has 1 amide bonds. The molecule has 0 bridgehead atoms. The minimum Gasteiger partial charge on any atom is -0.359 e. The number of halogens is 1. The van der Waals surface area contributed by atoms with Crippen LogP contribution in [0.4, 0.5) is 0 Å². The van der Waals surface area contributed by atoms with Crippen molar-refractivity contribution in [1.29, 1.82) is 0 Å². The van der Waals surface area contributed by atoms with E-state index in [1.165, 1.54) is 25.9 Å². The first-order valence-electron chi connectivity index (χ1n) is 9.54. The number of guanidine groups is 1. The van der Waals surface area contributed by atoms with Gasteiger partial charge in [-0.25, -0.2) is 0 Å². The number of hydrogen-bond acceptors (Lipinski definition) is 3. The highest BCUT2D eigenvalue weighted by Crippen LogP contribution is 2.21. The van der Waals surface area contributed by atoms with Gasteiger partial charge in [0.1, 0.15) is 0 Å². The summed E-state index contributed by atoms with van der Waals surface area (Å²) in [6.07, 6.45) is 5.42. The van der Waals surface area contributed by atoms with Crippen molar-refractivity contribution >= 4 is 35.8 Å². The van der Waals surface area contributed by atoms with Crippen LogP contribution >= 0.6 is 24.0 Å². The van der Waals surface area contributed by atoms with Gasteiger partial charge in [-0.2, -0.15) is 0 Å². The van der Waals surface area contributed by atoms with Crippen molar-refractivity contribution in [2.24, 2.45) is 16.8 Å². The van der Waals surface area contributed by atoms with Crippen molar-refractivity contribution in [3.63, 3.8) is 0 Å². The number of hydrogen-bond donors (Lipinski definition) is 2. The lowest BCUT2D eigenvalue weighted by Crippen LogP contribution is -2.48. The zero-order valence-corrected chi connectivity index (χ0v) is 18.4. The third kappa shape index (κ3) is 7.29. The maximum absolute atomic E-state index is 11.5. The van der Waals surface area contributed by atoms with E-state index in [4.69, 9.17) is 0 Å². The summed E-state index contributed by atoms with van der Waals surface area (Å²) in [5.41, 5.74) is 0. The lowest BCUT2D eigenvalue weighted by Gasteiger charge is -2.36. The molecular formula is C18H36IN5O. The molecule has 0 saturated carbocycles. The van der Waals surface area contributed by atoms with E-state index in [9.17, 15) is 4.79 Å². The van der Waals surface area contributed by atoms with Crippen LogP contribution in [0, 0.1) is 11.8 Å². The first-order valence-corrected chi connectivity index (χ1v) is 9.54. The van der Waals surface area contributed by atoms with E-state index in [-0.39, 0.29) is 29.9 Å². The first kappa shape index (κ1) is 22.5. The van der Waals surface area contributed by atoms with E-state index < -0.39 is 0 Å². The summed E-state index contributed by atoms with van der Waals surface area (Å²) in [5, 5.41) is 6.32. The number of rotatable bonds is 5. The molecular weight excluding hydrogens is 429 g/mol. The van der Waals surface area contributed by atoms with Gasteiger partial charge < -0.3 is 20.4 Å². The molecule has 146 valence electrons. The van der Waals surface area contributed by atoms with Crippen LogP contribution in [-0.2, 0) is 4.79 Å². The van der Waals surface area contributed by atoms with E-state index in [0.717, 1.165) is 50.9 Å². The number of carbonyl (C=O) groups excluding carboxylic acids is 1. The van der Waals surface area contributed by atoms with Crippen LogP contribution in [-0.4, -0.2) is 75.0 Å². The lowest BCUT2D eigenvalue weighted by molar-refractivity contribution is -0.121. The smallest absolute Gasteiger partial charge is 0.220 e. The molecule has 2 aliphatic heterocycles. The molecule has 2 heterocycles. The minimum atomic E-state index is 0. The topological polar surface area (TPSA) is 60.0 Å². The quantitative estimate of drug-likeness (QED) is 0.369. The molecule has 0 spiro atoms. The van der Waals surface area contributed by atoms with Crippen LogP contribution in [0.15, 0.2) is 4.99 Å². The molecule has 2 N–H and O–H groups in total. The fourth-order valence-electron chi connectivity index (χ4n) is 3.89. The molecule has 6 nitrogen and oxygen atoms in total. The predicted octanol–water partition coefficient (Wildman–Crippen LogP) is 1.76. The zero-order chi connectivity index (χ0) is 17.4. The summed E-state index contributed by atoms with van der Waals surface area (Å²) < 4.78 is 0. The van der Waals surface area contributed by atoms with Crippen LogP contribution in [0.1, 0.15) is 39.0 Å². The fraction of sp³-hybridized carbons (Fsp3) is 0.889. The molecule has 25 heavy (non-hydrogen) atoms. The number of piperidine rings is 2. The van der Waals surface area contributed by atoms with E-state index in [1.807, 2.05) is 7.05 Å². The Kier molecular flexibility index (Phi) is 10.7. The third-order valence-electron chi connectivity index (χ3n) is 5.48. The first-order chi connectivity index (χ1) is 11.7. The highest BCUT2D eigenvalue weighted by atomic mass is 127. The fourth-order valence-corrected chi connectivity index (χ4v) is 3.89. The van der Waals surface area contributed by atoms with Gasteiger partial charge in [-0.1, -0.05) is 6.92 Å². The van der Waals surface area contributed by atoms with E-state index >= 15 is 0 Å². The molecule has 2 saturated heterocycles. The molecule has 0 aromatic carbocycles. The summed E-state index contributed by atoms with van der Waals surface area (Å²) in [7, 11) is 3.59. The Morgan fingerprint density at radius 2 is 1.88 bits per heavy atom. The number of likely N-dealkylation sites (tertiary alicyclic amines) is 2. The lowest BCUT2D eigenvalue weighted by atomic mass is 9.93. The standard InChI is InChI=1S/C18H35N5O.HI/c1-4-22-9-5-6-16(14-22)13-21-18(20-3)23-10-7-15(8-11-23)12-17(24)19-2;/h15-16H,4-14H2,1-3H3,(H,19,24)(H,20,21);1H. The molecule has 0 aromatic heterocycles. The molecule has 2 fully saturated rings. The molecule has 2 rings (SSSR count). The summed E-state index contributed by atoms with van der Waals surface area (Å²) in [6, 6.07) is 0. The van der Waals surface area contributed by atoms with Crippen LogP contribution in [0.2, 0.25) is 0 Å². The monoisotopic (exact) mass is 465 g/mol. The Morgan fingerprint density at radius 3 is 2.48 bits per heavy atom. The zero-order valence-electron chi connectivity index (χ0n) is 16.1. The third-order valence-corrected chi connectivity index (χ3v) is 5.48. The minimum absolute atomic E-state index is 0. The average Bonchev–Trinajstić information content (AvgIpc) is 2.63. The molecule has 0 aliphatic carbocycles. The van der Waals surface area contributed by atoms with Gasteiger partial charge in [-0.15, -0.1) is 24.0 Å². The second-order valence-corrected chi connectivity index (χ2v) is 7.14. The van der Waals surface area contributed by atoms with Gasteiger partial charge in [0.2, 0.25) is 5.91 Å². The second kappa shape index (κ2) is 11.9. The summed E-state index contributed by atoms with van der Waals surface area (Å²) in [5.74, 6) is 2.42. The Labute approximate surface area is 170 Å². The highest BCUT2D eigenvalue weighted by molar-refractivity contribution is 14.0. The van der Waals surface area contributed by atoms with Crippen LogP contribution in [0.25, 0.3) is 0 Å². The molecule has 1 unspecified atom stereocenters. The average molecular weight is 465 g/mol. The number of aliphatic imine (C=N–C) groups is 1. The number of nitrogens with zero attached hydrogens (tertiary/aromatic N) is 3. The molecule has 2 aliphatic rings. The largest absolute Gasteiger partial charge is 0.359 e. The maximum atomic E-state index is 11.5. The molecule has 1 atom stereocenters. The summed E-state index contributed by atoms with van der Waals surface area (Å²) in [4.78, 5) is 20.9. The maximum Gasteiger partial charge on any atom is 0.220 e. The van der Waals surface area contributed by atoms with Crippen LogP contribution in [0.5, 0.6) is 0 Å². The van der Waals surface area contributed by atoms with Gasteiger partial charge in [0.05, 0.1) is 0 Å². The van der Waals surface area contributed by atoms with Crippen molar-refractivity contribution in [2.75, 3.05) is 53.4 Å². The van der Waals surface area contributed by atoms with E-state index in [0.29, 0.717) is 12.3 Å². The normalized spacial score (nSPS) is 23.1. The number of carbonyl (C=O) groups is 1. The van der Waals surface area contributed by atoms with E-state index in [2.05, 4.69) is 32.3 Å². The Morgan fingerprint density at radius 1 is 1.16 bits per heavy atom. The Balaban J connectivity index is 0.00000312. The van der Waals surface area contributed by atoms with Crippen molar-refractivity contribution in [2.45, 2.75) is 39.0 Å². The van der Waals surface area contributed by atoms with Crippen molar-refractivity contribution in [3.8, 4) is 0 Å². The molecule has 0 aromatic rings. The van der Waals surface area contributed by atoms with E-state index in [1.54, 1.807) is 7.05 Å². The van der Waals surface area contributed by atoms with Gasteiger partial charge >= 0.3 is 0 Å². The summed E-state index contributed by atoms with van der Waals surface area (Å²) in [6.45, 7) is 8.86. The molecule has 0 radical (unpaired) electrons. The summed E-state index contributed by atoms with van der Waals surface area (Å²) >= 11 is 0. The number of amides is 1. The van der Waals surface area contributed by atoms with Gasteiger partial charge in [0, 0.05) is 46.7 Å². The Bertz CT molecular complexity index is 424. The van der Waals surface area contributed by atoms with Crippen molar-refractivity contribution < 1.29 is 4.79 Å². The van der Waals surface area contributed by atoms with Gasteiger partial charge in [0.15, 0.2) is 5.96 Å². The van der Waals surface area contributed by atoms with Crippen molar-refractivity contribution in [1.82, 2.24) is 20.4 Å². The van der Waals surface area contributed by atoms with Crippen LogP contribution < -0.4 is 10.6 Å². The molecule has 7 heteroatoms. The van der Waals surface area contributed by atoms with Gasteiger partial charge in [-0.3, -0.25) is 9.79 Å². The highest BCUT2D eigenvalue weighted by Gasteiger charge is 2.24. The Hall–Kier alpha value is -0.570. The van der Waals surface area contributed by atoms with Gasteiger partial charge in [0.25, 0.3) is 0 Å². The van der Waals surface area contributed by atoms with Gasteiger partial charge in [-0.05, 0) is 50.6 Å². The predicted molar refractivity (Wildman–Crippen MR) is 115 cm³/mol. The van der Waals surface area contributed by atoms with Crippen LogP contribution in [0.3, 0.4) is 0 Å². The second-order valence-electron chi connectivity index (χ2n) is 7.14. The SMILES string of the molecule is CCN1CCCC(CNC(=NC)N2CCC(CC(=O)NC)CC2)C1.I. The number of nitrogens with one attached hydrogen (secondary N) is 2.